The number of aliphatic carboxylic acids is 1. The van der Waals surface area contributed by atoms with Gasteiger partial charge in [-0.05, 0) is 25.3 Å². The number of amides is 2. The van der Waals surface area contributed by atoms with Crippen LogP contribution in [0.3, 0.4) is 0 Å². The number of carbonyl (C=O) groups excluding carboxylic acids is 1. The molecule has 1 aromatic carbocycles. The highest BCUT2D eigenvalue weighted by atomic mass is 16.4. The molecule has 0 fully saturated rings. The fourth-order valence-electron chi connectivity index (χ4n) is 2.19. The monoisotopic (exact) mass is 308 g/mol. The zero-order valence-electron chi connectivity index (χ0n) is 13.0. The molecule has 0 aromatic heterocycles. The van der Waals surface area contributed by atoms with Crippen molar-refractivity contribution in [3.8, 4) is 0 Å². The summed E-state index contributed by atoms with van der Waals surface area (Å²) in [6.45, 7) is 1.83. The van der Waals surface area contributed by atoms with E-state index in [0.717, 1.165) is 5.56 Å². The van der Waals surface area contributed by atoms with Crippen LogP contribution >= 0.6 is 0 Å². The van der Waals surface area contributed by atoms with E-state index >= 15 is 0 Å². The van der Waals surface area contributed by atoms with E-state index in [1.165, 1.54) is 4.90 Å². The van der Waals surface area contributed by atoms with Gasteiger partial charge in [-0.2, -0.15) is 0 Å². The summed E-state index contributed by atoms with van der Waals surface area (Å²) < 4.78 is 0. The second kappa shape index (κ2) is 9.04. The number of aliphatic hydroxyl groups excluding tert-OH is 1. The van der Waals surface area contributed by atoms with E-state index in [0.29, 0.717) is 12.8 Å². The number of carboxylic acid groups (broad SMARTS) is 1. The molecule has 0 saturated carbocycles. The molecule has 0 aliphatic heterocycles. The van der Waals surface area contributed by atoms with Crippen LogP contribution in [0, 0.1) is 0 Å². The minimum absolute atomic E-state index is 0.00209. The first-order valence-electron chi connectivity index (χ1n) is 7.34. The Kier molecular flexibility index (Phi) is 7.39. The van der Waals surface area contributed by atoms with E-state index in [1.54, 1.807) is 14.0 Å². The van der Waals surface area contributed by atoms with Gasteiger partial charge < -0.3 is 20.4 Å². The van der Waals surface area contributed by atoms with Crippen LogP contribution in [0.4, 0.5) is 4.79 Å². The van der Waals surface area contributed by atoms with Crippen molar-refractivity contribution in [2.24, 2.45) is 0 Å². The number of carbonyl (C=O) groups is 2. The first kappa shape index (κ1) is 18.0. The number of aliphatic hydroxyl groups is 1. The van der Waals surface area contributed by atoms with Gasteiger partial charge in [-0.15, -0.1) is 0 Å². The molecule has 2 amide bonds. The minimum atomic E-state index is -0.885. The van der Waals surface area contributed by atoms with Crippen LogP contribution in [0.25, 0.3) is 0 Å². The Morgan fingerprint density at radius 3 is 2.45 bits per heavy atom. The molecule has 6 heteroatoms. The van der Waals surface area contributed by atoms with E-state index in [-0.39, 0.29) is 25.0 Å². The first-order chi connectivity index (χ1) is 10.4. The molecular formula is C16H24N2O4. The fourth-order valence-corrected chi connectivity index (χ4v) is 2.19. The van der Waals surface area contributed by atoms with E-state index in [2.05, 4.69) is 5.32 Å². The topological polar surface area (TPSA) is 89.9 Å². The van der Waals surface area contributed by atoms with Crippen molar-refractivity contribution in [2.75, 3.05) is 13.6 Å². The summed E-state index contributed by atoms with van der Waals surface area (Å²) in [5.74, 6) is -0.885. The fraction of sp³-hybridized carbons (Fsp3) is 0.500. The lowest BCUT2D eigenvalue weighted by molar-refractivity contribution is -0.137. The molecule has 1 rings (SSSR count). The number of nitrogens with one attached hydrogen (secondary N) is 1. The molecule has 2 unspecified atom stereocenters. The zero-order valence-corrected chi connectivity index (χ0v) is 13.0. The van der Waals surface area contributed by atoms with E-state index in [1.807, 2.05) is 30.3 Å². The van der Waals surface area contributed by atoms with Crippen molar-refractivity contribution >= 4 is 12.0 Å². The van der Waals surface area contributed by atoms with Crippen molar-refractivity contribution in [3.63, 3.8) is 0 Å². The quantitative estimate of drug-likeness (QED) is 0.678. The maximum Gasteiger partial charge on any atom is 0.317 e. The van der Waals surface area contributed by atoms with Crippen LogP contribution in [-0.2, 0) is 11.2 Å². The van der Waals surface area contributed by atoms with Gasteiger partial charge in [0.25, 0.3) is 0 Å². The summed E-state index contributed by atoms with van der Waals surface area (Å²) in [4.78, 5) is 24.2. The van der Waals surface area contributed by atoms with E-state index in [9.17, 15) is 14.7 Å². The second-order valence-electron chi connectivity index (χ2n) is 5.50. The highest BCUT2D eigenvalue weighted by Gasteiger charge is 2.18. The van der Waals surface area contributed by atoms with E-state index in [4.69, 9.17) is 5.11 Å². The van der Waals surface area contributed by atoms with Gasteiger partial charge in [0.2, 0.25) is 0 Å². The molecule has 1 aromatic rings. The van der Waals surface area contributed by atoms with Crippen molar-refractivity contribution in [1.29, 1.82) is 0 Å². The summed E-state index contributed by atoms with van der Waals surface area (Å²) >= 11 is 0. The molecule has 0 saturated heterocycles. The number of carboxylic acids is 1. The Bertz CT molecular complexity index is 476. The normalized spacial score (nSPS) is 13.2. The average Bonchev–Trinajstić information content (AvgIpc) is 2.45. The van der Waals surface area contributed by atoms with E-state index < -0.39 is 12.1 Å². The molecule has 0 spiro atoms. The summed E-state index contributed by atoms with van der Waals surface area (Å²) in [6, 6.07) is 9.04. The summed E-state index contributed by atoms with van der Waals surface area (Å²) in [7, 11) is 1.60. The van der Waals surface area contributed by atoms with Crippen LogP contribution in [0.5, 0.6) is 0 Å². The van der Waals surface area contributed by atoms with Crippen LogP contribution in [0.1, 0.15) is 25.3 Å². The van der Waals surface area contributed by atoms with Gasteiger partial charge in [0.05, 0.1) is 6.10 Å². The Morgan fingerprint density at radius 1 is 1.27 bits per heavy atom. The van der Waals surface area contributed by atoms with Gasteiger partial charge in [-0.25, -0.2) is 4.79 Å². The second-order valence-corrected chi connectivity index (χ2v) is 5.50. The van der Waals surface area contributed by atoms with Gasteiger partial charge >= 0.3 is 12.0 Å². The third-order valence-corrected chi connectivity index (χ3v) is 3.24. The van der Waals surface area contributed by atoms with Crippen molar-refractivity contribution in [3.05, 3.63) is 35.9 Å². The number of rotatable bonds is 8. The first-order valence-corrected chi connectivity index (χ1v) is 7.34. The van der Waals surface area contributed by atoms with Crippen LogP contribution in [0.2, 0.25) is 0 Å². The molecule has 0 aliphatic carbocycles. The molecule has 6 nitrogen and oxygen atoms in total. The Hall–Kier alpha value is -2.08. The van der Waals surface area contributed by atoms with Crippen LogP contribution in [-0.4, -0.2) is 52.9 Å². The average molecular weight is 308 g/mol. The molecule has 0 aliphatic rings. The molecule has 122 valence electrons. The van der Waals surface area contributed by atoms with Gasteiger partial charge in [-0.1, -0.05) is 30.3 Å². The molecule has 0 heterocycles. The summed E-state index contributed by atoms with van der Waals surface area (Å²) in [6.07, 6.45) is 0.320. The van der Waals surface area contributed by atoms with Gasteiger partial charge in [0, 0.05) is 26.1 Å². The summed E-state index contributed by atoms with van der Waals surface area (Å²) in [5, 5.41) is 21.0. The van der Waals surface area contributed by atoms with Crippen LogP contribution in [0.15, 0.2) is 30.3 Å². The Morgan fingerprint density at radius 2 is 1.91 bits per heavy atom. The lowest BCUT2D eigenvalue weighted by atomic mass is 10.0. The Balaban J connectivity index is 2.64. The molecule has 22 heavy (non-hydrogen) atoms. The number of hydrogen-bond acceptors (Lipinski definition) is 3. The third kappa shape index (κ3) is 7.08. The predicted molar refractivity (Wildman–Crippen MR) is 83.6 cm³/mol. The van der Waals surface area contributed by atoms with Crippen molar-refractivity contribution in [2.45, 2.75) is 38.3 Å². The predicted octanol–water partition coefficient (Wildman–Crippen LogP) is 1.48. The highest BCUT2D eigenvalue weighted by Crippen LogP contribution is 2.08. The molecule has 2 atom stereocenters. The Labute approximate surface area is 130 Å². The number of nitrogens with zero attached hydrogens (tertiary/aromatic N) is 1. The van der Waals surface area contributed by atoms with Crippen LogP contribution < -0.4 is 5.32 Å². The van der Waals surface area contributed by atoms with Gasteiger partial charge in [0.1, 0.15) is 0 Å². The lowest BCUT2D eigenvalue weighted by Crippen LogP contribution is -2.46. The minimum Gasteiger partial charge on any atom is -0.481 e. The largest absolute Gasteiger partial charge is 0.481 e. The SMILES string of the molecule is CC(O)CN(C)C(=O)NC(CCC(=O)O)Cc1ccccc1. The van der Waals surface area contributed by atoms with Crippen molar-refractivity contribution in [1.82, 2.24) is 10.2 Å². The number of hydrogen-bond donors (Lipinski definition) is 3. The molecule has 0 radical (unpaired) electrons. The number of urea groups is 1. The number of likely N-dealkylation sites (N-methyl/N-ethyl adjacent to an activating group) is 1. The highest BCUT2D eigenvalue weighted by molar-refractivity contribution is 5.74. The summed E-state index contributed by atoms with van der Waals surface area (Å²) in [5.41, 5.74) is 1.04. The molecule has 0 bridgehead atoms. The van der Waals surface area contributed by atoms with Gasteiger partial charge in [-0.3, -0.25) is 4.79 Å². The van der Waals surface area contributed by atoms with Crippen molar-refractivity contribution < 1.29 is 19.8 Å². The smallest absolute Gasteiger partial charge is 0.317 e. The molecule has 3 N–H and O–H groups in total. The third-order valence-electron chi connectivity index (χ3n) is 3.24. The van der Waals surface area contributed by atoms with Gasteiger partial charge in [0.15, 0.2) is 0 Å². The maximum atomic E-state index is 12.1. The zero-order chi connectivity index (χ0) is 16.5. The maximum absolute atomic E-state index is 12.1. The standard InChI is InChI=1S/C16H24N2O4/c1-12(19)11-18(2)16(22)17-14(8-9-15(20)21)10-13-6-4-3-5-7-13/h3-7,12,14,19H,8-11H2,1-2H3,(H,17,22)(H,20,21). The number of benzene rings is 1. The molecular weight excluding hydrogens is 284 g/mol. The lowest BCUT2D eigenvalue weighted by Gasteiger charge is -2.24.